The van der Waals surface area contributed by atoms with Gasteiger partial charge in [0.25, 0.3) is 5.91 Å². The maximum atomic E-state index is 16.4. The van der Waals surface area contributed by atoms with Gasteiger partial charge in [0.05, 0.1) is 34.5 Å². The molecule has 2 aromatic carbocycles. The summed E-state index contributed by atoms with van der Waals surface area (Å²) in [4.78, 5) is 49.6. The minimum atomic E-state index is -1.88. The highest BCUT2D eigenvalue weighted by atomic mass is 35.5. The summed E-state index contributed by atoms with van der Waals surface area (Å²) in [5.41, 5.74) is -1.52. The maximum absolute atomic E-state index is 16.4. The molecular formula is C29H23Cl2FN6O4. The average Bonchev–Trinajstić information content (AvgIpc) is 3.70. The lowest BCUT2D eigenvalue weighted by molar-refractivity contribution is -0.137. The Balaban J connectivity index is 1.50. The van der Waals surface area contributed by atoms with Gasteiger partial charge in [-0.05, 0) is 37.1 Å². The number of hydrogen-bond acceptors (Lipinski definition) is 7. The average molecular weight is 609 g/mol. The van der Waals surface area contributed by atoms with Gasteiger partial charge in [-0.3, -0.25) is 24.0 Å². The van der Waals surface area contributed by atoms with E-state index in [1.165, 1.54) is 40.4 Å². The van der Waals surface area contributed by atoms with Crippen molar-refractivity contribution in [2.24, 2.45) is 13.0 Å². The van der Waals surface area contributed by atoms with Crippen LogP contribution in [0.15, 0.2) is 61.2 Å². The number of carbonyl (C=O) groups excluding carboxylic acids is 3. The molecule has 2 amide bonds. The molecule has 13 heteroatoms. The number of nitrogens with zero attached hydrogens (tertiary/aromatic N) is 5. The zero-order valence-electron chi connectivity index (χ0n) is 22.2. The Labute approximate surface area is 249 Å². The molecule has 0 saturated heterocycles. The fourth-order valence-electron chi connectivity index (χ4n) is 5.04. The van der Waals surface area contributed by atoms with E-state index in [0.29, 0.717) is 15.6 Å². The molecule has 214 valence electrons. The second-order valence-electron chi connectivity index (χ2n) is 10.1. The van der Waals surface area contributed by atoms with Crippen LogP contribution in [0, 0.1) is 11.7 Å². The summed E-state index contributed by atoms with van der Waals surface area (Å²) in [6.07, 6.45) is 7.18. The molecule has 42 heavy (non-hydrogen) atoms. The number of rotatable bonds is 9. The van der Waals surface area contributed by atoms with E-state index in [1.807, 2.05) is 0 Å². The predicted octanol–water partition coefficient (Wildman–Crippen LogP) is 4.24. The van der Waals surface area contributed by atoms with E-state index in [1.54, 1.807) is 31.3 Å². The number of nitrogens with one attached hydrogen (secondary N) is 1. The van der Waals surface area contributed by atoms with Crippen molar-refractivity contribution in [2.45, 2.75) is 25.1 Å². The number of ether oxygens (including phenoxy) is 1. The number of hydrogen-bond donors (Lipinski definition) is 1. The standard InChI is InChI=1S/C29H23Cl2FN6O4/c1-37-13-18(10-36-37)26(39)17-8-22-25(23(32)9-17)29(19-4-6-20(30)7-5-19,42-15-35-27(40)16-2-3-16)38(28(22)41)14-24-33-11-21(31)12-34-24/h4-13,16H,2-3,14-15H2,1H3,(H,35,40)/t29-/m1/s1. The third-order valence-corrected chi connectivity index (χ3v) is 7.65. The van der Waals surface area contributed by atoms with Crippen LogP contribution in [0.1, 0.15) is 56.1 Å². The van der Waals surface area contributed by atoms with E-state index in [9.17, 15) is 14.4 Å². The van der Waals surface area contributed by atoms with Crippen LogP contribution in [0.2, 0.25) is 10.0 Å². The summed E-state index contributed by atoms with van der Waals surface area (Å²) in [6.45, 7) is -0.548. The van der Waals surface area contributed by atoms with E-state index < -0.39 is 23.2 Å². The van der Waals surface area contributed by atoms with Crippen LogP contribution < -0.4 is 5.32 Å². The lowest BCUT2D eigenvalue weighted by Crippen LogP contribution is -2.49. The predicted molar refractivity (Wildman–Crippen MR) is 149 cm³/mol. The van der Waals surface area contributed by atoms with Crippen LogP contribution in [0.4, 0.5) is 4.39 Å². The lowest BCUT2D eigenvalue weighted by atomic mass is 9.90. The normalized spacial score (nSPS) is 17.8. The number of amides is 2. The molecule has 0 bridgehead atoms. The van der Waals surface area contributed by atoms with Crippen LogP contribution in [0.3, 0.4) is 0 Å². The first-order valence-corrected chi connectivity index (χ1v) is 13.8. The van der Waals surface area contributed by atoms with Gasteiger partial charge in [-0.2, -0.15) is 5.10 Å². The molecular weight excluding hydrogens is 586 g/mol. The van der Waals surface area contributed by atoms with Crippen LogP contribution >= 0.6 is 23.2 Å². The molecule has 0 unspecified atom stereocenters. The van der Waals surface area contributed by atoms with E-state index in [0.717, 1.165) is 18.9 Å². The number of ketones is 1. The van der Waals surface area contributed by atoms with Crippen molar-refractivity contribution in [1.82, 2.24) is 30.0 Å². The number of fused-ring (bicyclic) bond motifs is 1. The largest absolute Gasteiger partial charge is 0.333 e. The maximum Gasteiger partial charge on any atom is 0.257 e. The van der Waals surface area contributed by atoms with Gasteiger partial charge in [0.2, 0.25) is 11.6 Å². The van der Waals surface area contributed by atoms with E-state index in [-0.39, 0.29) is 53.2 Å². The molecule has 1 atom stereocenters. The topological polar surface area (TPSA) is 119 Å². The highest BCUT2D eigenvalue weighted by Gasteiger charge is 2.55. The Morgan fingerprint density at radius 2 is 1.79 bits per heavy atom. The Bertz CT molecular complexity index is 1710. The molecule has 2 aromatic heterocycles. The van der Waals surface area contributed by atoms with Crippen molar-refractivity contribution in [3.63, 3.8) is 0 Å². The van der Waals surface area contributed by atoms with E-state index >= 15 is 4.39 Å². The van der Waals surface area contributed by atoms with Gasteiger partial charge in [0, 0.05) is 47.7 Å². The molecule has 1 aliphatic carbocycles. The number of benzene rings is 2. The van der Waals surface area contributed by atoms with Gasteiger partial charge in [-0.15, -0.1) is 0 Å². The Kier molecular flexibility index (Phi) is 7.25. The molecule has 1 N–H and O–H groups in total. The zero-order valence-corrected chi connectivity index (χ0v) is 23.7. The van der Waals surface area contributed by atoms with Crippen LogP contribution in [-0.4, -0.2) is 49.0 Å². The summed E-state index contributed by atoms with van der Waals surface area (Å²) in [6, 6.07) is 8.80. The summed E-state index contributed by atoms with van der Waals surface area (Å²) >= 11 is 12.2. The van der Waals surface area contributed by atoms with Gasteiger partial charge in [-0.25, -0.2) is 14.4 Å². The first kappa shape index (κ1) is 28.0. The van der Waals surface area contributed by atoms with Gasteiger partial charge in [-0.1, -0.05) is 35.3 Å². The van der Waals surface area contributed by atoms with E-state index in [4.69, 9.17) is 27.9 Å². The molecule has 0 spiro atoms. The summed E-state index contributed by atoms with van der Waals surface area (Å²) in [7, 11) is 1.65. The lowest BCUT2D eigenvalue weighted by Gasteiger charge is -2.39. The molecule has 1 fully saturated rings. The van der Waals surface area contributed by atoms with Crippen molar-refractivity contribution in [3.05, 3.63) is 111 Å². The number of aryl methyl sites for hydroxylation is 1. The fourth-order valence-corrected chi connectivity index (χ4v) is 5.26. The molecule has 2 aliphatic rings. The second kappa shape index (κ2) is 10.9. The van der Waals surface area contributed by atoms with Gasteiger partial charge < -0.3 is 10.1 Å². The Hall–Kier alpha value is -4.19. The van der Waals surface area contributed by atoms with Crippen molar-refractivity contribution in [2.75, 3.05) is 6.73 Å². The third-order valence-electron chi connectivity index (χ3n) is 7.20. The molecule has 1 aliphatic heterocycles. The number of aromatic nitrogens is 4. The van der Waals surface area contributed by atoms with E-state index in [2.05, 4.69) is 20.4 Å². The minimum absolute atomic E-state index is 0.0377. The van der Waals surface area contributed by atoms with Crippen LogP contribution in [0.25, 0.3) is 0 Å². The van der Waals surface area contributed by atoms with Crippen LogP contribution in [0.5, 0.6) is 0 Å². The number of carbonyl (C=O) groups is 3. The smallest absolute Gasteiger partial charge is 0.257 e. The quantitative estimate of drug-likeness (QED) is 0.223. The second-order valence-corrected chi connectivity index (χ2v) is 10.9. The first-order valence-electron chi connectivity index (χ1n) is 13.0. The Morgan fingerprint density at radius 1 is 1.07 bits per heavy atom. The van der Waals surface area contributed by atoms with Gasteiger partial charge in [0.15, 0.2) is 5.78 Å². The van der Waals surface area contributed by atoms with Crippen LogP contribution in [-0.2, 0) is 28.8 Å². The fraction of sp³-hybridized carbons (Fsp3) is 0.241. The summed E-state index contributed by atoms with van der Waals surface area (Å²) in [5.74, 6) is -2.09. The zero-order chi connectivity index (χ0) is 29.6. The van der Waals surface area contributed by atoms with Gasteiger partial charge >= 0.3 is 0 Å². The highest BCUT2D eigenvalue weighted by Crippen LogP contribution is 2.48. The summed E-state index contributed by atoms with van der Waals surface area (Å²) in [5, 5.41) is 7.44. The van der Waals surface area contributed by atoms with Crippen molar-refractivity contribution in [3.8, 4) is 0 Å². The highest BCUT2D eigenvalue weighted by molar-refractivity contribution is 6.30. The molecule has 1 saturated carbocycles. The van der Waals surface area contributed by atoms with Crippen molar-refractivity contribution in [1.29, 1.82) is 0 Å². The number of halogens is 3. The van der Waals surface area contributed by atoms with Crippen molar-refractivity contribution >= 4 is 40.8 Å². The first-order chi connectivity index (χ1) is 20.2. The Morgan fingerprint density at radius 3 is 2.43 bits per heavy atom. The monoisotopic (exact) mass is 608 g/mol. The SMILES string of the molecule is Cn1cc(C(=O)c2cc(F)c3c(c2)C(=O)N(Cc2ncc(Cl)cn2)[C@@]3(OCNC(=O)C2CC2)c2ccc(Cl)cc2)cn1. The minimum Gasteiger partial charge on any atom is -0.333 e. The molecule has 3 heterocycles. The van der Waals surface area contributed by atoms with Crippen molar-refractivity contribution < 1.29 is 23.5 Å². The molecule has 4 aromatic rings. The molecule has 10 nitrogen and oxygen atoms in total. The third kappa shape index (κ3) is 5.04. The van der Waals surface area contributed by atoms with Gasteiger partial charge in [0.1, 0.15) is 18.4 Å². The summed E-state index contributed by atoms with van der Waals surface area (Å²) < 4.78 is 24.2. The molecule has 0 radical (unpaired) electrons. The molecule has 6 rings (SSSR count).